The monoisotopic (exact) mass is 324 g/mol. The molecule has 0 radical (unpaired) electrons. The Morgan fingerprint density at radius 2 is 1.92 bits per heavy atom. The third-order valence-electron chi connectivity index (χ3n) is 3.59. The summed E-state index contributed by atoms with van der Waals surface area (Å²) in [5.41, 5.74) is 15.1. The van der Waals surface area contributed by atoms with Gasteiger partial charge in [-0.15, -0.1) is 0 Å². The van der Waals surface area contributed by atoms with Crippen molar-refractivity contribution in [1.82, 2.24) is 5.32 Å². The maximum absolute atomic E-state index is 12.0. The second-order valence-corrected chi connectivity index (χ2v) is 5.22. The van der Waals surface area contributed by atoms with E-state index >= 15 is 0 Å². The van der Waals surface area contributed by atoms with E-state index < -0.39 is 6.04 Å². The highest BCUT2D eigenvalue weighted by Gasteiger charge is 2.16. The van der Waals surface area contributed by atoms with Crippen molar-refractivity contribution in [3.63, 3.8) is 0 Å². The van der Waals surface area contributed by atoms with Crippen LogP contribution in [0.2, 0.25) is 0 Å². The molecule has 0 spiro atoms. The maximum Gasteiger partial charge on any atom is 0.251 e. The molecule has 1 unspecified atom stereocenters. The molecule has 2 aromatic rings. The van der Waals surface area contributed by atoms with E-state index in [4.69, 9.17) is 11.5 Å². The average molecular weight is 324 g/mol. The lowest BCUT2D eigenvalue weighted by molar-refractivity contribution is -0.111. The molecule has 6 heteroatoms. The second-order valence-electron chi connectivity index (χ2n) is 5.22. The standard InChI is InChI=1S/C18H20N4O2/c1-3-16(23)22-13-9-11(8-12(10-13)18(24)21-2)17(20)14-6-4-5-7-15(14)19/h3-10,17H,1,19-20H2,2H3,(H,21,24)(H,22,23). The first kappa shape index (κ1) is 17.2. The molecule has 1 atom stereocenters. The number of hydrogen-bond acceptors (Lipinski definition) is 4. The van der Waals surface area contributed by atoms with Gasteiger partial charge in [-0.1, -0.05) is 24.8 Å². The maximum atomic E-state index is 12.0. The predicted molar refractivity (Wildman–Crippen MR) is 95.5 cm³/mol. The number of rotatable bonds is 5. The fourth-order valence-corrected chi connectivity index (χ4v) is 2.35. The minimum atomic E-state index is -0.532. The van der Waals surface area contributed by atoms with Gasteiger partial charge in [0.15, 0.2) is 0 Å². The third-order valence-corrected chi connectivity index (χ3v) is 3.59. The van der Waals surface area contributed by atoms with Crippen molar-refractivity contribution in [3.8, 4) is 0 Å². The smallest absolute Gasteiger partial charge is 0.251 e. The Labute approximate surface area is 140 Å². The molecule has 6 nitrogen and oxygen atoms in total. The van der Waals surface area contributed by atoms with Gasteiger partial charge < -0.3 is 22.1 Å². The summed E-state index contributed by atoms with van der Waals surface area (Å²) in [7, 11) is 1.53. The molecule has 0 aliphatic carbocycles. The number of carbonyl (C=O) groups excluding carboxylic acids is 2. The lowest BCUT2D eigenvalue weighted by atomic mass is 9.96. The summed E-state index contributed by atoms with van der Waals surface area (Å²) in [6, 6.07) is 11.7. The normalized spacial score (nSPS) is 11.4. The molecule has 124 valence electrons. The van der Waals surface area contributed by atoms with E-state index in [1.807, 2.05) is 18.2 Å². The number of nitrogens with one attached hydrogen (secondary N) is 2. The number of amides is 2. The van der Waals surface area contributed by atoms with Gasteiger partial charge in [-0.25, -0.2) is 0 Å². The Morgan fingerprint density at radius 3 is 2.54 bits per heavy atom. The number of nitrogen functional groups attached to an aromatic ring is 1. The van der Waals surface area contributed by atoms with Gasteiger partial charge in [0.2, 0.25) is 5.91 Å². The Bertz CT molecular complexity index is 786. The molecule has 0 aromatic heterocycles. The Morgan fingerprint density at radius 1 is 1.21 bits per heavy atom. The average Bonchev–Trinajstić information content (AvgIpc) is 2.60. The van der Waals surface area contributed by atoms with E-state index in [0.717, 1.165) is 11.6 Å². The molecular formula is C18H20N4O2. The van der Waals surface area contributed by atoms with Crippen LogP contribution in [0, 0.1) is 0 Å². The number of anilines is 2. The number of hydrogen-bond donors (Lipinski definition) is 4. The number of carbonyl (C=O) groups is 2. The summed E-state index contributed by atoms with van der Waals surface area (Å²) in [5, 5.41) is 5.20. The number of nitrogens with two attached hydrogens (primary N) is 2. The molecular weight excluding hydrogens is 304 g/mol. The van der Waals surface area contributed by atoms with Gasteiger partial charge >= 0.3 is 0 Å². The van der Waals surface area contributed by atoms with Crippen molar-refractivity contribution in [1.29, 1.82) is 0 Å². The fourth-order valence-electron chi connectivity index (χ4n) is 2.35. The highest BCUT2D eigenvalue weighted by molar-refractivity contribution is 6.01. The van der Waals surface area contributed by atoms with Crippen LogP contribution >= 0.6 is 0 Å². The van der Waals surface area contributed by atoms with E-state index in [9.17, 15) is 9.59 Å². The molecule has 0 saturated carbocycles. The summed E-state index contributed by atoms with van der Waals surface area (Å²) in [5.74, 6) is -0.651. The first-order valence-corrected chi connectivity index (χ1v) is 7.36. The molecule has 0 aliphatic heterocycles. The zero-order valence-corrected chi connectivity index (χ0v) is 13.4. The van der Waals surface area contributed by atoms with Crippen molar-refractivity contribution in [3.05, 3.63) is 71.8 Å². The van der Waals surface area contributed by atoms with Crippen LogP contribution in [0.15, 0.2) is 55.1 Å². The zero-order valence-electron chi connectivity index (χ0n) is 13.4. The molecule has 0 bridgehead atoms. The van der Waals surface area contributed by atoms with Crippen molar-refractivity contribution in [2.45, 2.75) is 6.04 Å². The molecule has 2 rings (SSSR count). The van der Waals surface area contributed by atoms with Gasteiger partial charge in [-0.2, -0.15) is 0 Å². The van der Waals surface area contributed by atoms with Crippen LogP contribution in [0.3, 0.4) is 0 Å². The topological polar surface area (TPSA) is 110 Å². The van der Waals surface area contributed by atoms with E-state index in [1.54, 1.807) is 24.3 Å². The van der Waals surface area contributed by atoms with E-state index in [1.165, 1.54) is 7.05 Å². The minimum absolute atomic E-state index is 0.279. The van der Waals surface area contributed by atoms with Gasteiger partial charge in [-0.05, 0) is 41.5 Å². The molecule has 2 amide bonds. The third kappa shape index (κ3) is 3.80. The van der Waals surface area contributed by atoms with Crippen molar-refractivity contribution < 1.29 is 9.59 Å². The Balaban J connectivity index is 2.49. The van der Waals surface area contributed by atoms with Gasteiger partial charge in [0.25, 0.3) is 5.91 Å². The van der Waals surface area contributed by atoms with Crippen LogP contribution in [-0.4, -0.2) is 18.9 Å². The van der Waals surface area contributed by atoms with Gasteiger partial charge in [0, 0.05) is 24.0 Å². The van der Waals surface area contributed by atoms with Crippen LogP contribution in [0.5, 0.6) is 0 Å². The van der Waals surface area contributed by atoms with Gasteiger partial charge in [-0.3, -0.25) is 9.59 Å². The van der Waals surface area contributed by atoms with Crippen LogP contribution in [0.1, 0.15) is 27.5 Å². The van der Waals surface area contributed by atoms with Crippen molar-refractivity contribution >= 4 is 23.2 Å². The van der Waals surface area contributed by atoms with Gasteiger partial charge in [0.05, 0.1) is 6.04 Å². The molecule has 0 aliphatic rings. The first-order chi connectivity index (χ1) is 11.5. The summed E-state index contributed by atoms with van der Waals surface area (Å²) >= 11 is 0. The zero-order chi connectivity index (χ0) is 17.7. The van der Waals surface area contributed by atoms with E-state index in [-0.39, 0.29) is 11.8 Å². The SMILES string of the molecule is C=CC(=O)Nc1cc(C(=O)NC)cc(C(N)c2ccccc2N)c1. The minimum Gasteiger partial charge on any atom is -0.398 e. The summed E-state index contributed by atoms with van der Waals surface area (Å²) in [6.45, 7) is 3.41. The highest BCUT2D eigenvalue weighted by Crippen LogP contribution is 2.27. The van der Waals surface area contributed by atoms with Crippen LogP contribution in [-0.2, 0) is 4.79 Å². The molecule has 24 heavy (non-hydrogen) atoms. The largest absolute Gasteiger partial charge is 0.398 e. The van der Waals surface area contributed by atoms with Crippen LogP contribution in [0.25, 0.3) is 0 Å². The quantitative estimate of drug-likeness (QED) is 0.496. The summed E-state index contributed by atoms with van der Waals surface area (Å²) < 4.78 is 0. The lowest BCUT2D eigenvalue weighted by Crippen LogP contribution is -2.20. The molecule has 0 fully saturated rings. The Kier molecular flexibility index (Phi) is 5.34. The molecule has 6 N–H and O–H groups in total. The van der Waals surface area contributed by atoms with Crippen molar-refractivity contribution in [2.24, 2.45) is 5.73 Å². The van der Waals surface area contributed by atoms with Gasteiger partial charge in [0.1, 0.15) is 0 Å². The fraction of sp³-hybridized carbons (Fsp3) is 0.111. The number of para-hydroxylation sites is 1. The molecule has 0 saturated heterocycles. The second kappa shape index (κ2) is 7.43. The first-order valence-electron chi connectivity index (χ1n) is 7.36. The van der Waals surface area contributed by atoms with Crippen LogP contribution in [0.4, 0.5) is 11.4 Å². The van der Waals surface area contributed by atoms with E-state index in [2.05, 4.69) is 17.2 Å². The summed E-state index contributed by atoms with van der Waals surface area (Å²) in [4.78, 5) is 23.5. The van der Waals surface area contributed by atoms with Crippen molar-refractivity contribution in [2.75, 3.05) is 18.1 Å². The number of benzene rings is 2. The van der Waals surface area contributed by atoms with Crippen LogP contribution < -0.4 is 22.1 Å². The summed E-state index contributed by atoms with van der Waals surface area (Å²) in [6.07, 6.45) is 1.15. The lowest BCUT2D eigenvalue weighted by Gasteiger charge is -2.17. The highest BCUT2D eigenvalue weighted by atomic mass is 16.2. The van der Waals surface area contributed by atoms with E-state index in [0.29, 0.717) is 22.5 Å². The molecule has 2 aromatic carbocycles. The Hall–Kier alpha value is -3.12. The molecule has 0 heterocycles. The predicted octanol–water partition coefficient (Wildman–Crippen LogP) is 1.80.